The van der Waals surface area contributed by atoms with Gasteiger partial charge in [-0.15, -0.1) is 0 Å². The first-order valence-electron chi connectivity index (χ1n) is 10.3. The molecule has 1 aliphatic rings. The molecule has 1 aromatic heterocycles. The van der Waals surface area contributed by atoms with Crippen LogP contribution in [0.5, 0.6) is 0 Å². The van der Waals surface area contributed by atoms with E-state index in [9.17, 15) is 18.8 Å². The minimum atomic E-state index is -0.683. The first kappa shape index (κ1) is 22.7. The monoisotopic (exact) mass is 428 g/mol. The Bertz CT molecular complexity index is 997. The molecule has 2 amide bonds. The van der Waals surface area contributed by atoms with Gasteiger partial charge in [-0.3, -0.25) is 19.3 Å². The first-order chi connectivity index (χ1) is 14.6. The van der Waals surface area contributed by atoms with Gasteiger partial charge >= 0.3 is 0 Å². The topological polar surface area (TPSA) is 76.7 Å². The van der Waals surface area contributed by atoms with Crippen LogP contribution in [0.25, 0.3) is 0 Å². The number of hydrogen-bond donors (Lipinski definition) is 1. The second-order valence-electron chi connectivity index (χ2n) is 8.36. The Labute approximate surface area is 181 Å². The number of amides is 2. The molecule has 2 aromatic rings. The van der Waals surface area contributed by atoms with E-state index in [0.717, 1.165) is 5.56 Å². The number of piperazine rings is 1. The van der Waals surface area contributed by atoms with Crippen LogP contribution in [0.1, 0.15) is 44.6 Å². The van der Waals surface area contributed by atoms with Gasteiger partial charge < -0.3 is 14.8 Å². The Morgan fingerprint density at radius 3 is 2.26 bits per heavy atom. The fraction of sp³-hybridized carbons (Fsp3) is 0.435. The molecule has 1 aliphatic heterocycles. The van der Waals surface area contributed by atoms with Crippen molar-refractivity contribution in [3.63, 3.8) is 0 Å². The molecule has 1 N–H and O–H groups in total. The molecule has 7 nitrogen and oxygen atoms in total. The number of carbonyl (C=O) groups excluding carboxylic acids is 3. The molecule has 1 fully saturated rings. The summed E-state index contributed by atoms with van der Waals surface area (Å²) in [5.74, 6) is -1.85. The zero-order valence-corrected chi connectivity index (χ0v) is 18.7. The summed E-state index contributed by atoms with van der Waals surface area (Å²) >= 11 is 0. The molecule has 0 unspecified atom stereocenters. The largest absolute Gasteiger partial charge is 0.361 e. The number of aryl methyl sites for hydroxylation is 2. The minimum Gasteiger partial charge on any atom is -0.361 e. The number of carbonyl (C=O) groups is 3. The zero-order valence-electron chi connectivity index (χ0n) is 18.7. The standard InChI is InChI=1S/C23H29FN4O3/c1-14-12-27(13-17-6-8-18(24)9-7-17)10-11-28(14)22(30)20-16(3)25-15(2)19(20)21(29)23(31)26(4)5/h6-9,14,25H,10-13H2,1-5H3/t14-/m1/s1. The first-order valence-corrected chi connectivity index (χ1v) is 10.3. The minimum absolute atomic E-state index is 0.0798. The van der Waals surface area contributed by atoms with Crippen molar-refractivity contribution in [1.82, 2.24) is 19.7 Å². The van der Waals surface area contributed by atoms with Crippen LogP contribution < -0.4 is 0 Å². The third-order valence-electron chi connectivity index (χ3n) is 5.71. The summed E-state index contributed by atoms with van der Waals surface area (Å²) < 4.78 is 13.1. The van der Waals surface area contributed by atoms with Crippen molar-refractivity contribution < 1.29 is 18.8 Å². The number of nitrogens with one attached hydrogen (secondary N) is 1. The molecule has 0 spiro atoms. The molecule has 1 aromatic carbocycles. The van der Waals surface area contributed by atoms with E-state index in [-0.39, 0.29) is 28.9 Å². The van der Waals surface area contributed by atoms with E-state index >= 15 is 0 Å². The SMILES string of the molecule is Cc1[nH]c(C)c(C(=O)N2CCN(Cc3ccc(F)cc3)C[C@H]2C)c1C(=O)C(=O)N(C)C. The lowest BCUT2D eigenvalue weighted by Crippen LogP contribution is -2.53. The number of benzene rings is 1. The molecule has 0 radical (unpaired) electrons. The van der Waals surface area contributed by atoms with Gasteiger partial charge in [0.1, 0.15) is 5.82 Å². The average molecular weight is 429 g/mol. The number of H-pyrrole nitrogens is 1. The Balaban J connectivity index is 1.77. The number of rotatable bonds is 5. The fourth-order valence-electron chi connectivity index (χ4n) is 4.11. The smallest absolute Gasteiger partial charge is 0.294 e. The predicted octanol–water partition coefficient (Wildman–Crippen LogP) is 2.39. The molecule has 3 rings (SSSR count). The van der Waals surface area contributed by atoms with Crippen molar-refractivity contribution in [2.75, 3.05) is 33.7 Å². The van der Waals surface area contributed by atoms with Crippen LogP contribution in [0, 0.1) is 19.7 Å². The van der Waals surface area contributed by atoms with E-state index in [1.807, 2.05) is 6.92 Å². The summed E-state index contributed by atoms with van der Waals surface area (Å²) in [5, 5.41) is 0. The molecule has 2 heterocycles. The van der Waals surface area contributed by atoms with Crippen molar-refractivity contribution in [2.24, 2.45) is 0 Å². The van der Waals surface area contributed by atoms with Crippen LogP contribution in [0.2, 0.25) is 0 Å². The molecule has 31 heavy (non-hydrogen) atoms. The maximum Gasteiger partial charge on any atom is 0.294 e. The van der Waals surface area contributed by atoms with E-state index in [2.05, 4.69) is 9.88 Å². The number of halogens is 1. The highest BCUT2D eigenvalue weighted by Crippen LogP contribution is 2.24. The van der Waals surface area contributed by atoms with Gasteiger partial charge in [0.15, 0.2) is 0 Å². The third kappa shape index (κ3) is 4.69. The molecule has 1 atom stereocenters. The highest BCUT2D eigenvalue weighted by molar-refractivity contribution is 6.44. The predicted molar refractivity (Wildman–Crippen MR) is 115 cm³/mol. The normalized spacial score (nSPS) is 17.0. The van der Waals surface area contributed by atoms with Crippen molar-refractivity contribution in [2.45, 2.75) is 33.4 Å². The van der Waals surface area contributed by atoms with Gasteiger partial charge in [-0.05, 0) is 38.5 Å². The summed E-state index contributed by atoms with van der Waals surface area (Å²) in [6.07, 6.45) is 0. The molecular weight excluding hydrogens is 399 g/mol. The number of aromatic amines is 1. The van der Waals surface area contributed by atoms with E-state index in [0.29, 0.717) is 37.6 Å². The van der Waals surface area contributed by atoms with Gasteiger partial charge in [0.25, 0.3) is 17.6 Å². The third-order valence-corrected chi connectivity index (χ3v) is 5.71. The lowest BCUT2D eigenvalue weighted by molar-refractivity contribution is -0.124. The van der Waals surface area contributed by atoms with E-state index in [1.54, 1.807) is 30.9 Å². The summed E-state index contributed by atoms with van der Waals surface area (Å²) in [6.45, 7) is 7.91. The van der Waals surface area contributed by atoms with Crippen LogP contribution in [-0.4, -0.2) is 77.1 Å². The summed E-state index contributed by atoms with van der Waals surface area (Å²) in [5.41, 5.74) is 2.54. The molecule has 166 valence electrons. The number of Topliss-reactive ketones (excluding diaryl/α,β-unsaturated/α-hetero) is 1. The van der Waals surface area contributed by atoms with Crippen molar-refractivity contribution in [1.29, 1.82) is 0 Å². The van der Waals surface area contributed by atoms with Crippen LogP contribution in [0.15, 0.2) is 24.3 Å². The quantitative estimate of drug-likeness (QED) is 0.586. The van der Waals surface area contributed by atoms with Gasteiger partial charge in [0.05, 0.1) is 11.1 Å². The van der Waals surface area contributed by atoms with E-state index in [1.165, 1.54) is 31.1 Å². The summed E-state index contributed by atoms with van der Waals surface area (Å²) in [4.78, 5) is 46.7. The number of likely N-dealkylation sites (N-methyl/N-ethyl adjacent to an activating group) is 1. The van der Waals surface area contributed by atoms with Crippen molar-refractivity contribution in [3.8, 4) is 0 Å². The number of hydrogen-bond acceptors (Lipinski definition) is 4. The van der Waals surface area contributed by atoms with Gasteiger partial charge in [0, 0.05) is 57.7 Å². The Morgan fingerprint density at radius 1 is 1.06 bits per heavy atom. The molecule has 0 bridgehead atoms. The Kier molecular flexibility index (Phi) is 6.59. The van der Waals surface area contributed by atoms with Gasteiger partial charge in [-0.1, -0.05) is 12.1 Å². The maximum absolute atomic E-state index is 13.4. The highest BCUT2D eigenvalue weighted by atomic mass is 19.1. The lowest BCUT2D eigenvalue weighted by Gasteiger charge is -2.40. The van der Waals surface area contributed by atoms with Crippen LogP contribution in [0.4, 0.5) is 4.39 Å². The Morgan fingerprint density at radius 2 is 1.68 bits per heavy atom. The number of nitrogens with zero attached hydrogens (tertiary/aromatic N) is 3. The van der Waals surface area contributed by atoms with E-state index < -0.39 is 11.7 Å². The second-order valence-corrected chi connectivity index (χ2v) is 8.36. The van der Waals surface area contributed by atoms with Gasteiger partial charge in [-0.2, -0.15) is 0 Å². The molecule has 8 heteroatoms. The number of ketones is 1. The van der Waals surface area contributed by atoms with Crippen molar-refractivity contribution >= 4 is 17.6 Å². The van der Waals surface area contributed by atoms with Gasteiger partial charge in [0.2, 0.25) is 0 Å². The average Bonchev–Trinajstić information content (AvgIpc) is 3.01. The highest BCUT2D eigenvalue weighted by Gasteiger charge is 2.34. The Hall–Kier alpha value is -3.00. The van der Waals surface area contributed by atoms with Crippen LogP contribution >= 0.6 is 0 Å². The molecular formula is C23H29FN4O3. The van der Waals surface area contributed by atoms with Gasteiger partial charge in [-0.25, -0.2) is 4.39 Å². The number of aromatic nitrogens is 1. The van der Waals surface area contributed by atoms with Crippen LogP contribution in [0.3, 0.4) is 0 Å². The van der Waals surface area contributed by atoms with Crippen molar-refractivity contribution in [3.05, 3.63) is 58.2 Å². The molecule has 1 saturated heterocycles. The fourth-order valence-corrected chi connectivity index (χ4v) is 4.11. The lowest BCUT2D eigenvalue weighted by atomic mass is 10.0. The van der Waals surface area contributed by atoms with Crippen LogP contribution in [-0.2, 0) is 11.3 Å². The summed E-state index contributed by atoms with van der Waals surface area (Å²) in [7, 11) is 3.03. The maximum atomic E-state index is 13.4. The summed E-state index contributed by atoms with van der Waals surface area (Å²) in [6, 6.07) is 6.35. The molecule has 0 aliphatic carbocycles. The van der Waals surface area contributed by atoms with E-state index in [4.69, 9.17) is 0 Å². The zero-order chi connectivity index (χ0) is 22.9. The second kappa shape index (κ2) is 9.01. The molecule has 0 saturated carbocycles.